The molecule has 1 saturated carbocycles. The highest BCUT2D eigenvalue weighted by molar-refractivity contribution is 5.88. The number of amides is 1. The van der Waals surface area contributed by atoms with E-state index in [0.717, 1.165) is 37.2 Å². The number of hydrogen-bond donors (Lipinski definition) is 1. The zero-order valence-electron chi connectivity index (χ0n) is 16.7. The van der Waals surface area contributed by atoms with E-state index in [4.69, 9.17) is 0 Å². The van der Waals surface area contributed by atoms with E-state index in [2.05, 4.69) is 15.3 Å². The SMILES string of the molecule is Cn1nc(CC(=O)NC2CCN(CC3CCCC3)CC2)c2ccccc2c1=O. The topological polar surface area (TPSA) is 67.2 Å². The molecule has 0 unspecified atom stereocenters. The first-order chi connectivity index (χ1) is 13.6. The highest BCUT2D eigenvalue weighted by Crippen LogP contribution is 2.26. The van der Waals surface area contributed by atoms with Crippen molar-refractivity contribution >= 4 is 16.7 Å². The maximum atomic E-state index is 12.6. The van der Waals surface area contributed by atoms with Crippen molar-refractivity contribution in [3.63, 3.8) is 0 Å². The number of aryl methyl sites for hydroxylation is 1. The molecule has 150 valence electrons. The molecule has 28 heavy (non-hydrogen) atoms. The molecule has 2 fully saturated rings. The zero-order valence-corrected chi connectivity index (χ0v) is 16.7. The van der Waals surface area contributed by atoms with Crippen LogP contribution in [0, 0.1) is 5.92 Å². The van der Waals surface area contributed by atoms with Gasteiger partial charge in [0.1, 0.15) is 0 Å². The summed E-state index contributed by atoms with van der Waals surface area (Å²) in [5.41, 5.74) is 0.531. The first-order valence-electron chi connectivity index (χ1n) is 10.6. The van der Waals surface area contributed by atoms with Gasteiger partial charge >= 0.3 is 0 Å². The fraction of sp³-hybridized carbons (Fsp3) is 0.591. The number of benzene rings is 1. The minimum Gasteiger partial charge on any atom is -0.353 e. The normalized spacial score (nSPS) is 19.3. The number of likely N-dealkylation sites (tertiary alicyclic amines) is 1. The summed E-state index contributed by atoms with van der Waals surface area (Å²) >= 11 is 0. The lowest BCUT2D eigenvalue weighted by Crippen LogP contribution is -2.46. The summed E-state index contributed by atoms with van der Waals surface area (Å²) in [6, 6.07) is 7.62. The number of nitrogens with zero attached hydrogens (tertiary/aromatic N) is 3. The van der Waals surface area contributed by atoms with Gasteiger partial charge in [-0.05, 0) is 37.7 Å². The first-order valence-corrected chi connectivity index (χ1v) is 10.6. The Balaban J connectivity index is 1.33. The van der Waals surface area contributed by atoms with Gasteiger partial charge in [-0.25, -0.2) is 4.68 Å². The van der Waals surface area contributed by atoms with Crippen LogP contribution in [0.4, 0.5) is 0 Å². The fourth-order valence-corrected chi connectivity index (χ4v) is 4.76. The second kappa shape index (κ2) is 8.43. The molecule has 1 saturated heterocycles. The van der Waals surface area contributed by atoms with E-state index in [9.17, 15) is 9.59 Å². The Labute approximate surface area is 165 Å². The van der Waals surface area contributed by atoms with E-state index < -0.39 is 0 Å². The summed E-state index contributed by atoms with van der Waals surface area (Å²) < 4.78 is 1.33. The van der Waals surface area contributed by atoms with Crippen molar-refractivity contribution in [1.82, 2.24) is 20.0 Å². The van der Waals surface area contributed by atoms with Crippen LogP contribution in [0.15, 0.2) is 29.1 Å². The number of nitrogens with one attached hydrogen (secondary N) is 1. The summed E-state index contributed by atoms with van der Waals surface area (Å²) in [5.74, 6) is 0.876. The van der Waals surface area contributed by atoms with Gasteiger partial charge < -0.3 is 10.2 Å². The van der Waals surface area contributed by atoms with E-state index in [1.54, 1.807) is 13.1 Å². The zero-order chi connectivity index (χ0) is 19.5. The smallest absolute Gasteiger partial charge is 0.274 e. The monoisotopic (exact) mass is 382 g/mol. The molecule has 4 rings (SSSR count). The standard InChI is InChI=1S/C22H30N4O2/c1-25-22(28)19-9-5-4-8-18(19)20(24-25)14-21(27)23-17-10-12-26(13-11-17)15-16-6-2-3-7-16/h4-5,8-9,16-17H,2-3,6-7,10-15H2,1H3,(H,23,27). The van der Waals surface area contributed by atoms with Crippen molar-refractivity contribution in [1.29, 1.82) is 0 Å². The van der Waals surface area contributed by atoms with Gasteiger partial charge in [-0.2, -0.15) is 5.10 Å². The van der Waals surface area contributed by atoms with Gasteiger partial charge in [-0.1, -0.05) is 31.0 Å². The third-order valence-corrected chi connectivity index (χ3v) is 6.30. The number of hydrogen-bond acceptors (Lipinski definition) is 4. The summed E-state index contributed by atoms with van der Waals surface area (Å²) in [4.78, 5) is 27.4. The molecule has 0 radical (unpaired) electrons. The second-order valence-electron chi connectivity index (χ2n) is 8.39. The van der Waals surface area contributed by atoms with Crippen molar-refractivity contribution < 1.29 is 4.79 Å². The Morgan fingerprint density at radius 3 is 2.50 bits per heavy atom. The van der Waals surface area contributed by atoms with Crippen LogP contribution >= 0.6 is 0 Å². The number of carbonyl (C=O) groups excluding carboxylic acids is 1. The Bertz CT molecular complexity index is 893. The van der Waals surface area contributed by atoms with Gasteiger partial charge in [0.05, 0.1) is 17.5 Å². The van der Waals surface area contributed by atoms with E-state index in [-0.39, 0.29) is 23.9 Å². The maximum Gasteiger partial charge on any atom is 0.274 e. The molecule has 0 spiro atoms. The van der Waals surface area contributed by atoms with Crippen molar-refractivity contribution in [2.75, 3.05) is 19.6 Å². The third-order valence-electron chi connectivity index (χ3n) is 6.30. The molecule has 0 bridgehead atoms. The average Bonchev–Trinajstić information content (AvgIpc) is 3.20. The van der Waals surface area contributed by atoms with Crippen molar-refractivity contribution in [3.8, 4) is 0 Å². The van der Waals surface area contributed by atoms with Crippen LogP contribution in [-0.2, 0) is 18.3 Å². The summed E-state index contributed by atoms with van der Waals surface area (Å²) in [5, 5.41) is 8.91. The first kappa shape index (κ1) is 19.1. The molecule has 2 aliphatic rings. The average molecular weight is 383 g/mol. The van der Waals surface area contributed by atoms with Crippen LogP contribution in [0.2, 0.25) is 0 Å². The van der Waals surface area contributed by atoms with Crippen LogP contribution in [0.3, 0.4) is 0 Å². The van der Waals surface area contributed by atoms with Crippen LogP contribution in [0.5, 0.6) is 0 Å². The van der Waals surface area contributed by atoms with Gasteiger partial charge in [-0.15, -0.1) is 0 Å². The van der Waals surface area contributed by atoms with Gasteiger partial charge in [-0.3, -0.25) is 9.59 Å². The highest BCUT2D eigenvalue weighted by Gasteiger charge is 2.24. The van der Waals surface area contributed by atoms with E-state index in [1.807, 2.05) is 18.2 Å². The number of aromatic nitrogens is 2. The maximum absolute atomic E-state index is 12.6. The summed E-state index contributed by atoms with van der Waals surface area (Å²) in [6.07, 6.45) is 7.79. The predicted molar refractivity (Wildman–Crippen MR) is 110 cm³/mol. The number of fused-ring (bicyclic) bond motifs is 1. The Kier molecular flexibility index (Phi) is 5.76. The van der Waals surface area contributed by atoms with Gasteiger partial charge in [0, 0.05) is 38.1 Å². The molecule has 1 aliphatic heterocycles. The molecule has 1 amide bonds. The van der Waals surface area contributed by atoms with Crippen LogP contribution in [0.25, 0.3) is 10.8 Å². The van der Waals surface area contributed by atoms with E-state index >= 15 is 0 Å². The lowest BCUT2D eigenvalue weighted by molar-refractivity contribution is -0.121. The summed E-state index contributed by atoms with van der Waals surface area (Å²) in [6.45, 7) is 3.37. The van der Waals surface area contributed by atoms with Gasteiger partial charge in [0.25, 0.3) is 5.56 Å². The van der Waals surface area contributed by atoms with Crippen LogP contribution in [-0.4, -0.2) is 46.3 Å². The number of carbonyl (C=O) groups is 1. The van der Waals surface area contributed by atoms with E-state index in [0.29, 0.717) is 11.1 Å². The van der Waals surface area contributed by atoms with Crippen molar-refractivity contribution in [2.24, 2.45) is 13.0 Å². The van der Waals surface area contributed by atoms with Crippen molar-refractivity contribution in [2.45, 2.75) is 51.0 Å². The Morgan fingerprint density at radius 2 is 1.79 bits per heavy atom. The van der Waals surface area contributed by atoms with Crippen LogP contribution in [0.1, 0.15) is 44.2 Å². The molecular weight excluding hydrogens is 352 g/mol. The van der Waals surface area contributed by atoms with Gasteiger partial charge in [0.2, 0.25) is 5.91 Å². The summed E-state index contributed by atoms with van der Waals surface area (Å²) in [7, 11) is 1.64. The molecule has 1 N–H and O–H groups in total. The Hall–Kier alpha value is -2.21. The molecule has 1 aliphatic carbocycles. The molecular formula is C22H30N4O2. The Morgan fingerprint density at radius 1 is 1.11 bits per heavy atom. The quantitative estimate of drug-likeness (QED) is 0.861. The molecule has 2 heterocycles. The fourth-order valence-electron chi connectivity index (χ4n) is 4.76. The second-order valence-corrected chi connectivity index (χ2v) is 8.39. The minimum absolute atomic E-state index is 0.00875. The highest BCUT2D eigenvalue weighted by atomic mass is 16.2. The lowest BCUT2D eigenvalue weighted by Gasteiger charge is -2.33. The predicted octanol–water partition coefficient (Wildman–Crippen LogP) is 2.25. The van der Waals surface area contributed by atoms with Crippen LogP contribution < -0.4 is 10.9 Å². The van der Waals surface area contributed by atoms with Crippen molar-refractivity contribution in [3.05, 3.63) is 40.3 Å². The third kappa shape index (κ3) is 4.27. The number of rotatable bonds is 5. The lowest BCUT2D eigenvalue weighted by atomic mass is 10.0. The minimum atomic E-state index is -0.130. The number of piperidine rings is 1. The molecule has 1 aromatic carbocycles. The molecule has 2 aromatic rings. The van der Waals surface area contributed by atoms with Gasteiger partial charge in [0.15, 0.2) is 0 Å². The molecule has 6 nitrogen and oxygen atoms in total. The molecule has 6 heteroatoms. The largest absolute Gasteiger partial charge is 0.353 e. The van der Waals surface area contributed by atoms with E-state index in [1.165, 1.54) is 36.9 Å². The molecule has 0 atom stereocenters. The molecule has 1 aromatic heterocycles.